The van der Waals surface area contributed by atoms with Crippen molar-refractivity contribution < 1.29 is 9.47 Å². The van der Waals surface area contributed by atoms with Crippen LogP contribution >= 0.6 is 23.2 Å². The van der Waals surface area contributed by atoms with Gasteiger partial charge in [-0.05, 0) is 55.3 Å². The normalized spacial score (nSPS) is 14.9. The van der Waals surface area contributed by atoms with E-state index in [-0.39, 0.29) is 0 Å². The fraction of sp³-hybridized carbons (Fsp3) is 0.333. The maximum atomic E-state index is 6.56. The number of hydrogen-bond donors (Lipinski definition) is 1. The third kappa shape index (κ3) is 6.64. The molecule has 1 heterocycles. The van der Waals surface area contributed by atoms with Gasteiger partial charge in [0.2, 0.25) is 0 Å². The van der Waals surface area contributed by atoms with Crippen LogP contribution in [0, 0.1) is 0 Å². The largest absolute Gasteiger partial charge is 0.493 e. The number of likely N-dealkylation sites (tertiary alicyclic amines) is 1. The molecule has 0 bridgehead atoms. The predicted octanol–water partition coefficient (Wildman–Crippen LogP) is 6.34. The summed E-state index contributed by atoms with van der Waals surface area (Å²) >= 11 is 12.8. The number of hydrogen-bond acceptors (Lipinski definition) is 4. The molecule has 1 N–H and O–H groups in total. The van der Waals surface area contributed by atoms with E-state index >= 15 is 0 Å². The van der Waals surface area contributed by atoms with Gasteiger partial charge in [-0.25, -0.2) is 0 Å². The Labute approximate surface area is 206 Å². The van der Waals surface area contributed by atoms with Crippen LogP contribution in [0.4, 0.5) is 0 Å². The summed E-state index contributed by atoms with van der Waals surface area (Å²) in [5.74, 6) is 1.17. The van der Waals surface area contributed by atoms with Crippen LogP contribution in [0.15, 0.2) is 66.7 Å². The van der Waals surface area contributed by atoms with Crippen LogP contribution in [0.5, 0.6) is 11.5 Å². The molecule has 1 aliphatic rings. The fourth-order valence-electron chi connectivity index (χ4n) is 4.18. The Bertz CT molecular complexity index is 1040. The Hall–Kier alpha value is -2.24. The second-order valence-corrected chi connectivity index (χ2v) is 9.22. The second kappa shape index (κ2) is 11.8. The van der Waals surface area contributed by atoms with Crippen LogP contribution in [0.3, 0.4) is 0 Å². The van der Waals surface area contributed by atoms with Crippen molar-refractivity contribution in [3.8, 4) is 11.5 Å². The molecule has 1 fully saturated rings. The predicted molar refractivity (Wildman–Crippen MR) is 135 cm³/mol. The summed E-state index contributed by atoms with van der Waals surface area (Å²) in [6, 6.07) is 22.7. The van der Waals surface area contributed by atoms with Gasteiger partial charge in [0.25, 0.3) is 0 Å². The van der Waals surface area contributed by atoms with Gasteiger partial charge >= 0.3 is 0 Å². The highest BCUT2D eigenvalue weighted by Gasteiger charge is 2.19. The van der Waals surface area contributed by atoms with Gasteiger partial charge in [0, 0.05) is 29.7 Å². The van der Waals surface area contributed by atoms with E-state index < -0.39 is 0 Å². The maximum absolute atomic E-state index is 6.56. The zero-order valence-corrected chi connectivity index (χ0v) is 20.4. The monoisotopic (exact) mass is 484 g/mol. The van der Waals surface area contributed by atoms with E-state index in [1.165, 1.54) is 5.56 Å². The molecule has 33 heavy (non-hydrogen) atoms. The van der Waals surface area contributed by atoms with E-state index in [1.807, 2.05) is 36.4 Å². The summed E-state index contributed by atoms with van der Waals surface area (Å²) in [6.07, 6.45) is 2.27. The van der Waals surface area contributed by atoms with Crippen LogP contribution in [-0.4, -0.2) is 31.1 Å². The SMILES string of the molecule is COc1cc(CNC2CCN(Cc3ccccc3)CC2)cc(Cl)c1OCc1ccccc1Cl. The number of halogens is 2. The molecule has 0 unspecified atom stereocenters. The van der Waals surface area contributed by atoms with Gasteiger partial charge in [-0.15, -0.1) is 0 Å². The van der Waals surface area contributed by atoms with Crippen molar-refractivity contribution in [2.75, 3.05) is 20.2 Å². The summed E-state index contributed by atoms with van der Waals surface area (Å²) in [4.78, 5) is 2.53. The molecule has 1 saturated heterocycles. The molecule has 0 spiro atoms. The average molecular weight is 485 g/mol. The molecule has 3 aromatic carbocycles. The van der Waals surface area contributed by atoms with Crippen LogP contribution in [-0.2, 0) is 19.7 Å². The van der Waals surface area contributed by atoms with E-state index in [0.717, 1.165) is 50.1 Å². The minimum Gasteiger partial charge on any atom is -0.493 e. The minimum atomic E-state index is 0.328. The van der Waals surface area contributed by atoms with Crippen molar-refractivity contribution in [3.63, 3.8) is 0 Å². The van der Waals surface area contributed by atoms with E-state index in [4.69, 9.17) is 32.7 Å². The Kier molecular flexibility index (Phi) is 8.51. The molecule has 1 aliphatic heterocycles. The topological polar surface area (TPSA) is 33.7 Å². The number of ether oxygens (including phenoxy) is 2. The maximum Gasteiger partial charge on any atom is 0.180 e. The molecule has 0 amide bonds. The highest BCUT2D eigenvalue weighted by molar-refractivity contribution is 6.32. The quantitative estimate of drug-likeness (QED) is 0.384. The van der Waals surface area contributed by atoms with Gasteiger partial charge in [0.05, 0.1) is 12.1 Å². The van der Waals surface area contributed by atoms with Gasteiger partial charge in [0.15, 0.2) is 11.5 Å². The Morgan fingerprint density at radius 1 is 0.909 bits per heavy atom. The molecule has 4 rings (SSSR count). The number of methoxy groups -OCH3 is 1. The van der Waals surface area contributed by atoms with Crippen molar-refractivity contribution in [2.24, 2.45) is 0 Å². The molecular weight excluding hydrogens is 455 g/mol. The molecular formula is C27H30Cl2N2O2. The Morgan fingerprint density at radius 3 is 2.36 bits per heavy atom. The van der Waals surface area contributed by atoms with Crippen LogP contribution in [0.1, 0.15) is 29.5 Å². The van der Waals surface area contributed by atoms with E-state index in [9.17, 15) is 0 Å². The lowest BCUT2D eigenvalue weighted by Gasteiger charge is -2.32. The fourth-order valence-corrected chi connectivity index (χ4v) is 4.66. The zero-order chi connectivity index (χ0) is 23.0. The van der Waals surface area contributed by atoms with Crippen LogP contribution in [0.25, 0.3) is 0 Å². The first-order valence-corrected chi connectivity index (χ1v) is 12.1. The third-order valence-corrected chi connectivity index (χ3v) is 6.70. The van der Waals surface area contributed by atoms with E-state index in [1.54, 1.807) is 7.11 Å². The third-order valence-electron chi connectivity index (χ3n) is 6.05. The molecule has 0 saturated carbocycles. The molecule has 0 aromatic heterocycles. The van der Waals surface area contributed by atoms with Crippen LogP contribution < -0.4 is 14.8 Å². The Morgan fingerprint density at radius 2 is 1.64 bits per heavy atom. The molecule has 6 heteroatoms. The van der Waals surface area contributed by atoms with Crippen molar-refractivity contribution in [1.82, 2.24) is 10.2 Å². The number of rotatable bonds is 9. The van der Waals surface area contributed by atoms with Gasteiger partial charge < -0.3 is 14.8 Å². The Balaban J connectivity index is 1.30. The second-order valence-electron chi connectivity index (χ2n) is 8.41. The van der Waals surface area contributed by atoms with Gasteiger partial charge in [-0.1, -0.05) is 71.7 Å². The first-order valence-electron chi connectivity index (χ1n) is 11.3. The lowest BCUT2D eigenvalue weighted by molar-refractivity contribution is 0.190. The number of nitrogens with one attached hydrogen (secondary N) is 1. The summed E-state index contributed by atoms with van der Waals surface area (Å²) < 4.78 is 11.5. The molecule has 3 aromatic rings. The number of benzene rings is 3. The lowest BCUT2D eigenvalue weighted by atomic mass is 10.0. The van der Waals surface area contributed by atoms with Crippen molar-refractivity contribution in [3.05, 3.63) is 93.5 Å². The standard InChI is InChI=1S/C27H30Cl2N2O2/c1-32-26-16-21(15-25(29)27(26)33-19-22-9-5-6-10-24(22)28)17-30-23-11-13-31(14-12-23)18-20-7-3-2-4-8-20/h2-10,15-16,23,30H,11-14,17-19H2,1H3. The van der Waals surface area contributed by atoms with Crippen molar-refractivity contribution in [2.45, 2.75) is 38.6 Å². The lowest BCUT2D eigenvalue weighted by Crippen LogP contribution is -2.41. The highest BCUT2D eigenvalue weighted by Crippen LogP contribution is 2.37. The summed E-state index contributed by atoms with van der Waals surface area (Å²) in [7, 11) is 1.63. The average Bonchev–Trinajstić information content (AvgIpc) is 2.84. The summed E-state index contributed by atoms with van der Waals surface area (Å²) in [5, 5.41) is 4.89. The molecule has 0 atom stereocenters. The minimum absolute atomic E-state index is 0.328. The highest BCUT2D eigenvalue weighted by atomic mass is 35.5. The van der Waals surface area contributed by atoms with E-state index in [2.05, 4.69) is 40.5 Å². The smallest absolute Gasteiger partial charge is 0.180 e. The first-order chi connectivity index (χ1) is 16.1. The molecule has 0 radical (unpaired) electrons. The molecule has 4 nitrogen and oxygen atoms in total. The van der Waals surface area contributed by atoms with Crippen molar-refractivity contribution >= 4 is 23.2 Å². The first kappa shape index (κ1) is 23.9. The summed E-state index contributed by atoms with van der Waals surface area (Å²) in [6.45, 7) is 4.30. The van der Waals surface area contributed by atoms with Gasteiger partial charge in [0.1, 0.15) is 6.61 Å². The molecule has 174 valence electrons. The van der Waals surface area contributed by atoms with Crippen molar-refractivity contribution in [1.29, 1.82) is 0 Å². The van der Waals surface area contributed by atoms with Gasteiger partial charge in [-0.2, -0.15) is 0 Å². The summed E-state index contributed by atoms with van der Waals surface area (Å²) in [5.41, 5.74) is 3.36. The zero-order valence-electron chi connectivity index (χ0n) is 18.9. The van der Waals surface area contributed by atoms with Gasteiger partial charge in [-0.3, -0.25) is 4.90 Å². The van der Waals surface area contributed by atoms with E-state index in [0.29, 0.717) is 34.2 Å². The number of nitrogens with zero attached hydrogens (tertiary/aromatic N) is 1. The number of piperidine rings is 1. The molecule has 0 aliphatic carbocycles. The van der Waals surface area contributed by atoms with Crippen LogP contribution in [0.2, 0.25) is 10.0 Å².